The van der Waals surface area contributed by atoms with Gasteiger partial charge >= 0.3 is 0 Å². The first-order valence-electron chi connectivity index (χ1n) is 12.9. The second-order valence-electron chi connectivity index (χ2n) is 9.94. The second kappa shape index (κ2) is 12.8. The van der Waals surface area contributed by atoms with Gasteiger partial charge in [0.15, 0.2) is 34.8 Å². The van der Waals surface area contributed by atoms with Gasteiger partial charge in [0.05, 0.1) is 5.39 Å². The third kappa shape index (κ3) is 6.51. The van der Waals surface area contributed by atoms with E-state index in [4.69, 9.17) is 4.43 Å². The highest BCUT2D eigenvalue weighted by Gasteiger charge is 2.42. The number of unbranched alkanes of at least 4 members (excludes halogenated alkanes) is 6. The summed E-state index contributed by atoms with van der Waals surface area (Å²) in [5, 5.41) is -1.99. The van der Waals surface area contributed by atoms with Crippen molar-refractivity contribution in [1.29, 1.82) is 0 Å². The van der Waals surface area contributed by atoms with Crippen molar-refractivity contribution >= 4 is 19.1 Å². The van der Waals surface area contributed by atoms with E-state index >= 15 is 4.39 Å². The van der Waals surface area contributed by atoms with Crippen LogP contribution in [0.5, 0.6) is 5.75 Å². The maximum absolute atomic E-state index is 15.2. The first kappa shape index (κ1) is 29.1. The van der Waals surface area contributed by atoms with E-state index in [1.165, 1.54) is 6.42 Å². The van der Waals surface area contributed by atoms with E-state index in [9.17, 15) is 22.0 Å². The molecule has 3 aromatic carbocycles. The maximum atomic E-state index is 15.2. The molecule has 37 heavy (non-hydrogen) atoms. The van der Waals surface area contributed by atoms with E-state index in [1.54, 1.807) is 6.07 Å². The molecule has 0 aliphatic heterocycles. The highest BCUT2D eigenvalue weighted by Crippen LogP contribution is 2.41. The molecule has 0 bridgehead atoms. The molecule has 3 rings (SSSR count). The van der Waals surface area contributed by atoms with Gasteiger partial charge in [-0.15, -0.1) is 0 Å². The minimum absolute atomic E-state index is 0.146. The van der Waals surface area contributed by atoms with Gasteiger partial charge in [0, 0.05) is 17.5 Å². The van der Waals surface area contributed by atoms with Gasteiger partial charge in [-0.3, -0.25) is 0 Å². The number of rotatable bonds is 13. The van der Waals surface area contributed by atoms with E-state index in [-0.39, 0.29) is 5.54 Å². The van der Waals surface area contributed by atoms with E-state index in [0.717, 1.165) is 44.1 Å². The summed E-state index contributed by atoms with van der Waals surface area (Å²) in [4.78, 5) is 0. The van der Waals surface area contributed by atoms with Gasteiger partial charge in [-0.05, 0) is 17.1 Å². The Bertz CT molecular complexity index is 1200. The van der Waals surface area contributed by atoms with Crippen molar-refractivity contribution in [1.82, 2.24) is 0 Å². The summed E-state index contributed by atoms with van der Waals surface area (Å²) >= 11 is 0. The Hall–Kier alpha value is -2.48. The lowest BCUT2D eigenvalue weighted by Gasteiger charge is -2.36. The molecule has 201 valence electrons. The SMILES string of the molecule is CCCCCCCCC[Si](Cc1ccccc1)(Oc1c(F)c(F)c(F)c2[c]c(F)c(F)c(F)c12)C(C)C. The van der Waals surface area contributed by atoms with Crippen molar-refractivity contribution in [3.05, 3.63) is 76.9 Å². The van der Waals surface area contributed by atoms with Crippen LogP contribution < -0.4 is 4.43 Å². The Morgan fingerprint density at radius 1 is 0.757 bits per heavy atom. The van der Waals surface area contributed by atoms with Crippen LogP contribution in [0.4, 0.5) is 26.3 Å². The first-order chi connectivity index (χ1) is 17.6. The lowest BCUT2D eigenvalue weighted by atomic mass is 10.1. The molecule has 0 saturated carbocycles. The third-order valence-corrected chi connectivity index (χ3v) is 11.9. The molecule has 0 saturated heterocycles. The molecule has 0 fully saturated rings. The van der Waals surface area contributed by atoms with Gasteiger partial charge in [-0.1, -0.05) is 96.0 Å². The molecule has 3 aromatic rings. The highest BCUT2D eigenvalue weighted by atomic mass is 28.4. The van der Waals surface area contributed by atoms with Crippen molar-refractivity contribution in [2.45, 2.75) is 83.3 Å². The van der Waals surface area contributed by atoms with Gasteiger partial charge in [0.25, 0.3) is 8.32 Å². The van der Waals surface area contributed by atoms with E-state index < -0.39 is 59.7 Å². The molecule has 1 nitrogen and oxygen atoms in total. The lowest BCUT2D eigenvalue weighted by Crippen LogP contribution is -2.48. The summed E-state index contributed by atoms with van der Waals surface area (Å²) in [6, 6.07) is 12.0. The minimum Gasteiger partial charge on any atom is -0.540 e. The Kier molecular flexibility index (Phi) is 10.1. The van der Waals surface area contributed by atoms with Crippen LogP contribution in [0.15, 0.2) is 30.3 Å². The fourth-order valence-electron chi connectivity index (χ4n) is 4.74. The molecule has 0 amide bonds. The standard InChI is InChI=1S/C29H33F6OSi/c1-4-5-6-7-8-9-13-16-37(19(2)3,18-20-14-11-10-12-15-20)36-29-23-21(24(31)27(34)28(29)35)17-22(30)25(32)26(23)33/h10-12,14-15,19H,4-9,13,16,18H2,1-3H3. The van der Waals surface area contributed by atoms with Crippen molar-refractivity contribution in [3.63, 3.8) is 0 Å². The van der Waals surface area contributed by atoms with Crippen molar-refractivity contribution in [2.75, 3.05) is 0 Å². The van der Waals surface area contributed by atoms with Gasteiger partial charge in [-0.2, -0.15) is 4.39 Å². The number of benzene rings is 3. The second-order valence-corrected chi connectivity index (χ2v) is 14.3. The average Bonchev–Trinajstić information content (AvgIpc) is 2.88. The van der Waals surface area contributed by atoms with Crippen LogP contribution >= 0.6 is 0 Å². The summed E-state index contributed by atoms with van der Waals surface area (Å²) in [7, 11) is -3.10. The van der Waals surface area contributed by atoms with Gasteiger partial charge in [0.2, 0.25) is 5.82 Å². The smallest absolute Gasteiger partial charge is 0.258 e. The summed E-state index contributed by atoms with van der Waals surface area (Å²) in [5.41, 5.74) is 0.759. The predicted octanol–water partition coefficient (Wildman–Crippen LogP) is 9.74. The van der Waals surface area contributed by atoms with Crippen LogP contribution in [0.3, 0.4) is 0 Å². The van der Waals surface area contributed by atoms with Crippen LogP contribution in [0.2, 0.25) is 11.6 Å². The quantitative estimate of drug-likeness (QED) is 0.0909. The van der Waals surface area contributed by atoms with E-state index in [0.29, 0.717) is 12.1 Å². The summed E-state index contributed by atoms with van der Waals surface area (Å²) in [6.07, 6.45) is 7.23. The lowest BCUT2D eigenvalue weighted by molar-refractivity contribution is 0.406. The molecule has 0 aromatic heterocycles. The molecule has 1 radical (unpaired) electrons. The number of hydrogen-bond donors (Lipinski definition) is 0. The Labute approximate surface area is 216 Å². The van der Waals surface area contributed by atoms with E-state index in [2.05, 4.69) is 6.92 Å². The zero-order chi connectivity index (χ0) is 27.2. The Morgan fingerprint density at radius 2 is 1.38 bits per heavy atom. The Balaban J connectivity index is 2.07. The van der Waals surface area contributed by atoms with Crippen LogP contribution in [-0.2, 0) is 6.04 Å². The van der Waals surface area contributed by atoms with Crippen LogP contribution in [-0.4, -0.2) is 8.32 Å². The topological polar surface area (TPSA) is 9.23 Å². The molecule has 1 atom stereocenters. The largest absolute Gasteiger partial charge is 0.540 e. The minimum atomic E-state index is -3.10. The van der Waals surface area contributed by atoms with Crippen LogP contribution in [0.1, 0.15) is 71.3 Å². The molecule has 0 heterocycles. The normalized spacial score (nSPS) is 13.4. The zero-order valence-corrected chi connectivity index (χ0v) is 22.5. The summed E-state index contributed by atoms with van der Waals surface area (Å²) in [6.45, 7) is 5.95. The summed E-state index contributed by atoms with van der Waals surface area (Å²) < 4.78 is 93.4. The van der Waals surface area contributed by atoms with Crippen LogP contribution in [0.25, 0.3) is 10.8 Å². The molecule has 1 unspecified atom stereocenters. The molecule has 8 heteroatoms. The van der Waals surface area contributed by atoms with Gasteiger partial charge in [-0.25, -0.2) is 22.0 Å². The van der Waals surface area contributed by atoms with Crippen molar-refractivity contribution in [3.8, 4) is 5.75 Å². The molecular formula is C29H33F6OSi. The number of fused-ring (bicyclic) bond motifs is 1. The molecular weight excluding hydrogens is 506 g/mol. The average molecular weight is 540 g/mol. The highest BCUT2D eigenvalue weighted by molar-refractivity contribution is 6.75. The maximum Gasteiger partial charge on any atom is 0.258 e. The molecule has 0 N–H and O–H groups in total. The fourth-order valence-corrected chi connectivity index (χ4v) is 8.69. The molecule has 0 aliphatic carbocycles. The van der Waals surface area contributed by atoms with Crippen molar-refractivity contribution < 1.29 is 30.8 Å². The number of halogens is 6. The molecule has 0 aliphatic rings. The van der Waals surface area contributed by atoms with Gasteiger partial charge in [0.1, 0.15) is 0 Å². The van der Waals surface area contributed by atoms with E-state index in [1.807, 2.05) is 44.2 Å². The number of hydrogen-bond acceptors (Lipinski definition) is 1. The monoisotopic (exact) mass is 539 g/mol. The van der Waals surface area contributed by atoms with Gasteiger partial charge < -0.3 is 4.43 Å². The Morgan fingerprint density at radius 3 is 2.00 bits per heavy atom. The third-order valence-electron chi connectivity index (χ3n) is 7.03. The zero-order valence-electron chi connectivity index (χ0n) is 21.5. The molecule has 0 spiro atoms. The van der Waals surface area contributed by atoms with Crippen LogP contribution in [0, 0.1) is 41.0 Å². The fraction of sp³-hybridized carbons (Fsp3) is 0.448. The first-order valence-corrected chi connectivity index (χ1v) is 15.3. The summed E-state index contributed by atoms with van der Waals surface area (Å²) in [5.74, 6) is -12.1. The van der Waals surface area contributed by atoms with Crippen molar-refractivity contribution in [2.24, 2.45) is 0 Å². The predicted molar refractivity (Wildman–Crippen MR) is 137 cm³/mol.